The summed E-state index contributed by atoms with van der Waals surface area (Å²) >= 11 is 0. The minimum atomic E-state index is 0.507. The van der Waals surface area contributed by atoms with Crippen LogP contribution in [0.5, 0.6) is 0 Å². The predicted molar refractivity (Wildman–Crippen MR) is 52.9 cm³/mol. The number of ether oxygens (including phenoxy) is 2. The van der Waals surface area contributed by atoms with Gasteiger partial charge in [-0.3, -0.25) is 0 Å². The molecule has 78 valence electrons. The first-order valence-corrected chi connectivity index (χ1v) is 5.10. The number of hydrogen-bond donors (Lipinski definition) is 1. The van der Waals surface area contributed by atoms with E-state index in [1.807, 2.05) is 7.05 Å². The van der Waals surface area contributed by atoms with Gasteiger partial charge in [0.2, 0.25) is 0 Å². The Kier molecular flexibility index (Phi) is 5.35. The van der Waals surface area contributed by atoms with Crippen LogP contribution in [0.1, 0.15) is 19.3 Å². The SMILES string of the molecule is CNC(COC)CC1CCOCC1. The van der Waals surface area contributed by atoms with Crippen LogP contribution in [0.15, 0.2) is 0 Å². The topological polar surface area (TPSA) is 30.5 Å². The van der Waals surface area contributed by atoms with Crippen LogP contribution in [0, 0.1) is 5.92 Å². The van der Waals surface area contributed by atoms with E-state index in [9.17, 15) is 0 Å². The Bertz CT molecular complexity index is 121. The summed E-state index contributed by atoms with van der Waals surface area (Å²) in [5, 5.41) is 3.28. The summed E-state index contributed by atoms with van der Waals surface area (Å²) in [5.41, 5.74) is 0. The molecule has 0 spiro atoms. The first kappa shape index (κ1) is 11.0. The van der Waals surface area contributed by atoms with Gasteiger partial charge in [0.05, 0.1) is 6.61 Å². The molecular formula is C10H21NO2. The zero-order valence-electron chi connectivity index (χ0n) is 8.71. The molecule has 0 aliphatic carbocycles. The van der Waals surface area contributed by atoms with Crippen molar-refractivity contribution in [3.05, 3.63) is 0 Å². The summed E-state index contributed by atoms with van der Waals surface area (Å²) in [4.78, 5) is 0. The Morgan fingerprint density at radius 3 is 2.69 bits per heavy atom. The average molecular weight is 187 g/mol. The van der Waals surface area contributed by atoms with E-state index in [4.69, 9.17) is 9.47 Å². The fraction of sp³-hybridized carbons (Fsp3) is 1.00. The Morgan fingerprint density at radius 2 is 2.15 bits per heavy atom. The molecule has 1 aliphatic rings. The van der Waals surface area contributed by atoms with Gasteiger partial charge in [-0.25, -0.2) is 0 Å². The molecule has 0 aromatic rings. The van der Waals surface area contributed by atoms with Crippen LogP contribution >= 0.6 is 0 Å². The normalized spacial score (nSPS) is 21.7. The largest absolute Gasteiger partial charge is 0.383 e. The van der Waals surface area contributed by atoms with Gasteiger partial charge in [0.15, 0.2) is 0 Å². The zero-order valence-corrected chi connectivity index (χ0v) is 8.71. The first-order chi connectivity index (χ1) is 6.36. The molecule has 1 fully saturated rings. The average Bonchev–Trinajstić information content (AvgIpc) is 2.19. The van der Waals surface area contributed by atoms with Gasteiger partial charge < -0.3 is 14.8 Å². The number of nitrogens with one attached hydrogen (secondary N) is 1. The van der Waals surface area contributed by atoms with Gasteiger partial charge in [-0.15, -0.1) is 0 Å². The Labute approximate surface area is 80.8 Å². The van der Waals surface area contributed by atoms with Gasteiger partial charge in [-0.2, -0.15) is 0 Å². The van der Waals surface area contributed by atoms with Crippen molar-refractivity contribution in [2.75, 3.05) is 34.0 Å². The van der Waals surface area contributed by atoms with Crippen LogP contribution in [0.4, 0.5) is 0 Å². The van der Waals surface area contributed by atoms with Crippen molar-refractivity contribution >= 4 is 0 Å². The minimum absolute atomic E-state index is 0.507. The Hall–Kier alpha value is -0.120. The lowest BCUT2D eigenvalue weighted by Gasteiger charge is -2.26. The highest BCUT2D eigenvalue weighted by Crippen LogP contribution is 2.19. The third-order valence-electron chi connectivity index (χ3n) is 2.73. The van der Waals surface area contributed by atoms with Crippen molar-refractivity contribution in [1.82, 2.24) is 5.32 Å². The standard InChI is InChI=1S/C10H21NO2/c1-11-10(8-12-2)7-9-3-5-13-6-4-9/h9-11H,3-8H2,1-2H3. The maximum Gasteiger partial charge on any atom is 0.0615 e. The summed E-state index contributed by atoms with van der Waals surface area (Å²) < 4.78 is 10.5. The third kappa shape index (κ3) is 4.07. The molecule has 3 heteroatoms. The number of hydrogen-bond acceptors (Lipinski definition) is 3. The van der Waals surface area contributed by atoms with Gasteiger partial charge in [0.25, 0.3) is 0 Å². The van der Waals surface area contributed by atoms with E-state index in [1.165, 1.54) is 19.3 Å². The predicted octanol–water partition coefficient (Wildman–Crippen LogP) is 1.04. The molecule has 0 aromatic heterocycles. The van der Waals surface area contributed by atoms with E-state index in [-0.39, 0.29) is 0 Å². The van der Waals surface area contributed by atoms with Crippen molar-refractivity contribution in [3.63, 3.8) is 0 Å². The molecular weight excluding hydrogens is 166 g/mol. The third-order valence-corrected chi connectivity index (χ3v) is 2.73. The molecule has 0 radical (unpaired) electrons. The molecule has 1 rings (SSSR count). The van der Waals surface area contributed by atoms with E-state index in [1.54, 1.807) is 7.11 Å². The van der Waals surface area contributed by atoms with Crippen LogP contribution in [-0.2, 0) is 9.47 Å². The second-order valence-electron chi connectivity index (χ2n) is 3.73. The van der Waals surface area contributed by atoms with Crippen molar-refractivity contribution < 1.29 is 9.47 Å². The Balaban J connectivity index is 2.18. The maximum atomic E-state index is 5.32. The molecule has 3 nitrogen and oxygen atoms in total. The summed E-state index contributed by atoms with van der Waals surface area (Å²) in [6.45, 7) is 2.69. The molecule has 1 saturated heterocycles. The molecule has 1 heterocycles. The van der Waals surface area contributed by atoms with E-state index >= 15 is 0 Å². The van der Waals surface area contributed by atoms with Crippen LogP contribution in [0.3, 0.4) is 0 Å². The van der Waals surface area contributed by atoms with E-state index in [2.05, 4.69) is 5.32 Å². The summed E-state index contributed by atoms with van der Waals surface area (Å²) in [7, 11) is 3.76. The molecule has 0 aromatic carbocycles. The van der Waals surface area contributed by atoms with Gasteiger partial charge in [-0.1, -0.05) is 0 Å². The molecule has 0 bridgehead atoms. The number of rotatable bonds is 5. The zero-order chi connectivity index (χ0) is 9.52. The summed E-state index contributed by atoms with van der Waals surface area (Å²) in [6, 6.07) is 0.507. The number of likely N-dealkylation sites (N-methyl/N-ethyl adjacent to an activating group) is 1. The second kappa shape index (κ2) is 6.35. The maximum absolute atomic E-state index is 5.32. The smallest absolute Gasteiger partial charge is 0.0615 e. The highest BCUT2D eigenvalue weighted by Gasteiger charge is 2.17. The second-order valence-corrected chi connectivity index (χ2v) is 3.73. The molecule has 1 aliphatic heterocycles. The Morgan fingerprint density at radius 1 is 1.46 bits per heavy atom. The minimum Gasteiger partial charge on any atom is -0.383 e. The fourth-order valence-electron chi connectivity index (χ4n) is 1.85. The molecule has 13 heavy (non-hydrogen) atoms. The molecule has 0 saturated carbocycles. The van der Waals surface area contributed by atoms with Crippen LogP contribution < -0.4 is 5.32 Å². The quantitative estimate of drug-likeness (QED) is 0.697. The van der Waals surface area contributed by atoms with E-state index in [0.29, 0.717) is 6.04 Å². The van der Waals surface area contributed by atoms with Crippen LogP contribution in [0.2, 0.25) is 0 Å². The summed E-state index contributed by atoms with van der Waals surface area (Å²) in [5.74, 6) is 0.821. The lowest BCUT2D eigenvalue weighted by Crippen LogP contribution is -2.33. The summed E-state index contributed by atoms with van der Waals surface area (Å²) in [6.07, 6.45) is 3.64. The fourth-order valence-corrected chi connectivity index (χ4v) is 1.85. The highest BCUT2D eigenvalue weighted by atomic mass is 16.5. The molecule has 1 N–H and O–H groups in total. The van der Waals surface area contributed by atoms with Crippen molar-refractivity contribution in [2.24, 2.45) is 5.92 Å². The van der Waals surface area contributed by atoms with Gasteiger partial charge in [0.1, 0.15) is 0 Å². The van der Waals surface area contributed by atoms with E-state index < -0.39 is 0 Å². The van der Waals surface area contributed by atoms with Crippen LogP contribution in [0.25, 0.3) is 0 Å². The van der Waals surface area contributed by atoms with E-state index in [0.717, 1.165) is 25.7 Å². The number of methoxy groups -OCH3 is 1. The molecule has 0 amide bonds. The molecule has 1 unspecified atom stereocenters. The first-order valence-electron chi connectivity index (χ1n) is 5.10. The molecule has 1 atom stereocenters. The van der Waals surface area contributed by atoms with Crippen LogP contribution in [-0.4, -0.2) is 40.0 Å². The monoisotopic (exact) mass is 187 g/mol. The van der Waals surface area contributed by atoms with Crippen molar-refractivity contribution in [3.8, 4) is 0 Å². The highest BCUT2D eigenvalue weighted by molar-refractivity contribution is 4.72. The lowest BCUT2D eigenvalue weighted by molar-refractivity contribution is 0.0556. The lowest BCUT2D eigenvalue weighted by atomic mass is 9.93. The van der Waals surface area contributed by atoms with Crippen molar-refractivity contribution in [2.45, 2.75) is 25.3 Å². The van der Waals surface area contributed by atoms with Gasteiger partial charge >= 0.3 is 0 Å². The van der Waals surface area contributed by atoms with Gasteiger partial charge in [0, 0.05) is 26.4 Å². The van der Waals surface area contributed by atoms with Gasteiger partial charge in [-0.05, 0) is 32.2 Å². The van der Waals surface area contributed by atoms with Crippen molar-refractivity contribution in [1.29, 1.82) is 0 Å².